The van der Waals surface area contributed by atoms with Crippen LogP contribution in [-0.2, 0) is 10.1 Å². The van der Waals surface area contributed by atoms with Crippen LogP contribution in [0.4, 0.5) is 13.2 Å². The fraction of sp³-hybridized carbons (Fsp3) is 1.00. The second-order valence-electron chi connectivity index (χ2n) is 2.00. The van der Waals surface area contributed by atoms with Gasteiger partial charge in [0.15, 0.2) is 0 Å². The van der Waals surface area contributed by atoms with Gasteiger partial charge >= 0.3 is 6.18 Å². The topological polar surface area (TPSA) is 54.4 Å². The Balaban J connectivity index is 0. The number of alkyl halides is 3. The van der Waals surface area contributed by atoms with Gasteiger partial charge in [0.2, 0.25) is 0 Å². The first-order chi connectivity index (χ1) is 4.71. The summed E-state index contributed by atoms with van der Waals surface area (Å²) in [6, 6.07) is 0. The highest BCUT2D eigenvalue weighted by Gasteiger charge is 2.26. The molecule has 8 heteroatoms. The Bertz CT molecular complexity index is 210. The minimum atomic E-state index is -4.36. The van der Waals surface area contributed by atoms with E-state index < -0.39 is 34.9 Å². The van der Waals surface area contributed by atoms with Crippen molar-refractivity contribution in [2.45, 2.75) is 19.0 Å². The highest BCUT2D eigenvalue weighted by Crippen LogP contribution is 2.21. The second kappa shape index (κ2) is 4.88. The van der Waals surface area contributed by atoms with Crippen molar-refractivity contribution in [2.75, 3.05) is 5.75 Å². The molecule has 0 rings (SSSR count). The van der Waals surface area contributed by atoms with Crippen molar-refractivity contribution >= 4 is 22.5 Å². The molecule has 1 N–H and O–H groups in total. The smallest absolute Gasteiger partial charge is 0.286 e. The first-order valence-corrected chi connectivity index (χ1v) is 4.33. The van der Waals surface area contributed by atoms with Crippen molar-refractivity contribution in [3.8, 4) is 0 Å². The van der Waals surface area contributed by atoms with Crippen LogP contribution in [0.25, 0.3) is 0 Å². The Kier molecular flexibility index (Phi) is 5.90. The Hall–Kier alpha value is -0.0100. The second-order valence-corrected chi connectivity index (χ2v) is 3.58. The summed E-state index contributed by atoms with van der Waals surface area (Å²) in [6.45, 7) is 0. The van der Waals surface area contributed by atoms with Crippen LogP contribution in [0.15, 0.2) is 0 Å². The molecule has 0 heterocycles. The molecule has 0 aromatic heterocycles. The minimum absolute atomic E-state index is 0. The lowest BCUT2D eigenvalue weighted by Gasteiger charge is -2.03. The third-order valence-electron chi connectivity index (χ3n) is 0.863. The van der Waals surface area contributed by atoms with E-state index in [2.05, 4.69) is 0 Å². The molecule has 0 saturated carbocycles. The molecular formula is C4H8ClF3O3S. The molecule has 12 heavy (non-hydrogen) atoms. The summed E-state index contributed by atoms with van der Waals surface area (Å²) in [5, 5.41) is 0. The molecule has 0 radical (unpaired) electrons. The fourth-order valence-electron chi connectivity index (χ4n) is 0.455. The van der Waals surface area contributed by atoms with Gasteiger partial charge in [-0.1, -0.05) is 0 Å². The lowest BCUT2D eigenvalue weighted by Crippen LogP contribution is -2.11. The summed E-state index contributed by atoms with van der Waals surface area (Å²) >= 11 is 0. The summed E-state index contributed by atoms with van der Waals surface area (Å²) in [6.07, 6.45) is -6.14. The normalized spacial score (nSPS) is 12.3. The molecule has 0 aromatic rings. The maximum absolute atomic E-state index is 11.4. The van der Waals surface area contributed by atoms with Crippen LogP contribution >= 0.6 is 12.4 Å². The Labute approximate surface area is 74.1 Å². The first-order valence-electron chi connectivity index (χ1n) is 2.73. The van der Waals surface area contributed by atoms with Crippen molar-refractivity contribution < 1.29 is 26.1 Å². The maximum atomic E-state index is 11.4. The first kappa shape index (κ1) is 14.5. The maximum Gasteiger partial charge on any atom is 0.389 e. The van der Waals surface area contributed by atoms with E-state index in [-0.39, 0.29) is 12.4 Å². The number of hydrogen-bond acceptors (Lipinski definition) is 2. The molecule has 0 unspecified atom stereocenters. The molecule has 0 bridgehead atoms. The number of halogens is 4. The molecular weight excluding hydrogens is 221 g/mol. The van der Waals surface area contributed by atoms with E-state index in [1.807, 2.05) is 0 Å². The van der Waals surface area contributed by atoms with Gasteiger partial charge in [0, 0.05) is 6.42 Å². The van der Waals surface area contributed by atoms with Crippen molar-refractivity contribution in [1.29, 1.82) is 0 Å². The van der Waals surface area contributed by atoms with Gasteiger partial charge < -0.3 is 0 Å². The molecule has 0 aliphatic heterocycles. The Morgan fingerprint density at radius 1 is 1.25 bits per heavy atom. The van der Waals surface area contributed by atoms with E-state index in [1.165, 1.54) is 0 Å². The minimum Gasteiger partial charge on any atom is -0.286 e. The van der Waals surface area contributed by atoms with Crippen molar-refractivity contribution in [2.24, 2.45) is 0 Å². The van der Waals surface area contributed by atoms with Gasteiger partial charge in [0.1, 0.15) is 0 Å². The molecule has 0 fully saturated rings. The van der Waals surface area contributed by atoms with E-state index in [0.29, 0.717) is 0 Å². The summed E-state index contributed by atoms with van der Waals surface area (Å²) in [5.41, 5.74) is 0. The Morgan fingerprint density at radius 3 is 1.92 bits per heavy atom. The van der Waals surface area contributed by atoms with Gasteiger partial charge in [0.25, 0.3) is 10.1 Å². The highest BCUT2D eigenvalue weighted by atomic mass is 35.5. The largest absolute Gasteiger partial charge is 0.389 e. The molecule has 76 valence electrons. The number of hydrogen-bond donors (Lipinski definition) is 1. The lowest BCUT2D eigenvalue weighted by molar-refractivity contribution is -0.134. The molecule has 3 nitrogen and oxygen atoms in total. The SMILES string of the molecule is Cl.O=S(=O)(O)CCCC(F)(F)F. The van der Waals surface area contributed by atoms with Gasteiger partial charge in [-0.05, 0) is 6.42 Å². The van der Waals surface area contributed by atoms with E-state index in [9.17, 15) is 21.6 Å². The molecule has 0 atom stereocenters. The summed E-state index contributed by atoms with van der Waals surface area (Å²) in [4.78, 5) is 0. The molecule has 0 amide bonds. The van der Waals surface area contributed by atoms with Gasteiger partial charge in [-0.2, -0.15) is 21.6 Å². The zero-order chi connectivity index (χ0) is 9.12. The average molecular weight is 229 g/mol. The molecule has 0 aliphatic rings. The monoisotopic (exact) mass is 228 g/mol. The predicted octanol–water partition coefficient (Wildman–Crippen LogP) is 1.64. The van der Waals surface area contributed by atoms with Crippen molar-refractivity contribution in [1.82, 2.24) is 0 Å². The van der Waals surface area contributed by atoms with E-state index in [0.717, 1.165) is 0 Å². The molecule has 0 aliphatic carbocycles. The van der Waals surface area contributed by atoms with Crippen LogP contribution in [0, 0.1) is 0 Å². The van der Waals surface area contributed by atoms with Crippen LogP contribution in [-0.4, -0.2) is 24.9 Å². The van der Waals surface area contributed by atoms with Gasteiger partial charge in [-0.3, -0.25) is 4.55 Å². The third-order valence-corrected chi connectivity index (χ3v) is 1.67. The van der Waals surface area contributed by atoms with Crippen molar-refractivity contribution in [3.63, 3.8) is 0 Å². The van der Waals surface area contributed by atoms with Crippen molar-refractivity contribution in [3.05, 3.63) is 0 Å². The van der Waals surface area contributed by atoms with E-state index in [1.54, 1.807) is 0 Å². The van der Waals surface area contributed by atoms with Gasteiger partial charge in [0.05, 0.1) is 5.75 Å². The van der Waals surface area contributed by atoms with Crippen LogP contribution in [0.5, 0.6) is 0 Å². The fourth-order valence-corrected chi connectivity index (χ4v) is 0.964. The molecule has 0 spiro atoms. The summed E-state index contributed by atoms with van der Waals surface area (Å²) < 4.78 is 61.9. The average Bonchev–Trinajstić information content (AvgIpc) is 1.55. The van der Waals surface area contributed by atoms with Crippen LogP contribution in [0.1, 0.15) is 12.8 Å². The summed E-state index contributed by atoms with van der Waals surface area (Å²) in [7, 11) is -4.25. The zero-order valence-corrected chi connectivity index (χ0v) is 7.47. The Morgan fingerprint density at radius 2 is 1.67 bits per heavy atom. The standard InChI is InChI=1S/C4H7F3O3S.ClH/c5-4(6,7)2-1-3-11(8,9)10;/h1-3H2,(H,8,9,10);1H. The van der Waals surface area contributed by atoms with Gasteiger partial charge in [-0.15, -0.1) is 12.4 Å². The highest BCUT2D eigenvalue weighted by molar-refractivity contribution is 7.85. The number of rotatable bonds is 3. The van der Waals surface area contributed by atoms with Crippen LogP contribution < -0.4 is 0 Å². The van der Waals surface area contributed by atoms with Crippen LogP contribution in [0.3, 0.4) is 0 Å². The van der Waals surface area contributed by atoms with E-state index in [4.69, 9.17) is 4.55 Å². The third kappa shape index (κ3) is 12.6. The molecule has 0 aromatic carbocycles. The molecule has 0 saturated heterocycles. The lowest BCUT2D eigenvalue weighted by atomic mass is 10.3. The zero-order valence-electron chi connectivity index (χ0n) is 5.84. The van der Waals surface area contributed by atoms with Gasteiger partial charge in [-0.25, -0.2) is 0 Å². The predicted molar refractivity (Wildman–Crippen MR) is 39.0 cm³/mol. The quantitative estimate of drug-likeness (QED) is 0.747. The van der Waals surface area contributed by atoms with E-state index >= 15 is 0 Å². The van der Waals surface area contributed by atoms with Crippen LogP contribution in [0.2, 0.25) is 0 Å². The summed E-state index contributed by atoms with van der Waals surface area (Å²) in [5.74, 6) is -0.841.